The lowest BCUT2D eigenvalue weighted by Crippen LogP contribution is -2.39. The van der Waals surface area contributed by atoms with Gasteiger partial charge in [-0.3, -0.25) is 4.79 Å². The van der Waals surface area contributed by atoms with Crippen molar-refractivity contribution in [2.45, 2.75) is 39.0 Å². The lowest BCUT2D eigenvalue weighted by atomic mass is 9.89. The molecule has 3 aromatic rings. The van der Waals surface area contributed by atoms with Gasteiger partial charge < -0.3 is 14.5 Å². The number of hydrogen-bond donors (Lipinski definition) is 0. The van der Waals surface area contributed by atoms with Crippen molar-refractivity contribution in [2.24, 2.45) is 5.16 Å². The molecule has 0 saturated carbocycles. The van der Waals surface area contributed by atoms with Crippen LogP contribution in [0.5, 0.6) is 11.5 Å². The van der Waals surface area contributed by atoms with Crippen molar-refractivity contribution in [2.75, 3.05) is 20.2 Å². The Morgan fingerprint density at radius 3 is 2.47 bits per heavy atom. The molecule has 2 aromatic carbocycles. The van der Waals surface area contributed by atoms with E-state index in [9.17, 15) is 13.6 Å². The molecular formula is C27H28F2N4O3. The number of rotatable bonds is 7. The maximum Gasteiger partial charge on any atom is 0.227 e. The highest BCUT2D eigenvalue weighted by molar-refractivity contribution is 5.99. The summed E-state index contributed by atoms with van der Waals surface area (Å²) in [7, 11) is 1.58. The molecule has 0 aliphatic carbocycles. The van der Waals surface area contributed by atoms with E-state index in [1.807, 2.05) is 26.0 Å². The van der Waals surface area contributed by atoms with E-state index in [0.29, 0.717) is 49.0 Å². The SMILES string of the molecule is COc1cccc(ON=C(C)c2cnc(C)nc2C2CCN(C(=O)Cc3c(F)cccc3F)CC2)c1. The molecule has 1 fully saturated rings. The van der Waals surface area contributed by atoms with Crippen LogP contribution < -0.4 is 9.57 Å². The number of benzene rings is 2. The van der Waals surface area contributed by atoms with E-state index in [4.69, 9.17) is 14.6 Å². The van der Waals surface area contributed by atoms with Gasteiger partial charge in [0.15, 0.2) is 5.75 Å². The number of hydrogen-bond acceptors (Lipinski definition) is 6. The Kier molecular flexibility index (Phi) is 7.87. The van der Waals surface area contributed by atoms with Crippen LogP contribution in [-0.4, -0.2) is 46.7 Å². The molecule has 1 aliphatic rings. The third-order valence-corrected chi connectivity index (χ3v) is 6.28. The molecule has 0 radical (unpaired) electrons. The molecule has 0 bridgehead atoms. The summed E-state index contributed by atoms with van der Waals surface area (Å²) in [5.74, 6) is 0.235. The van der Waals surface area contributed by atoms with Gasteiger partial charge in [-0.05, 0) is 51.0 Å². The van der Waals surface area contributed by atoms with Gasteiger partial charge in [0.25, 0.3) is 0 Å². The van der Waals surface area contributed by atoms with Crippen LogP contribution in [0.1, 0.15) is 48.3 Å². The van der Waals surface area contributed by atoms with Gasteiger partial charge in [-0.15, -0.1) is 0 Å². The highest BCUT2D eigenvalue weighted by Crippen LogP contribution is 2.30. The van der Waals surface area contributed by atoms with E-state index in [1.165, 1.54) is 18.2 Å². The number of carbonyl (C=O) groups excluding carboxylic acids is 1. The van der Waals surface area contributed by atoms with Gasteiger partial charge in [-0.2, -0.15) is 0 Å². The molecule has 1 amide bonds. The number of piperidine rings is 1. The first kappa shape index (κ1) is 25.2. The largest absolute Gasteiger partial charge is 0.497 e. The second-order valence-electron chi connectivity index (χ2n) is 8.70. The molecule has 0 N–H and O–H groups in total. The van der Waals surface area contributed by atoms with Crippen LogP contribution in [0, 0.1) is 18.6 Å². The number of aryl methyl sites for hydroxylation is 1. The van der Waals surface area contributed by atoms with Crippen molar-refractivity contribution in [3.63, 3.8) is 0 Å². The number of oxime groups is 1. The number of carbonyl (C=O) groups is 1. The molecule has 36 heavy (non-hydrogen) atoms. The second-order valence-corrected chi connectivity index (χ2v) is 8.70. The molecule has 1 aromatic heterocycles. The highest BCUT2D eigenvalue weighted by atomic mass is 19.1. The third-order valence-electron chi connectivity index (χ3n) is 6.28. The van der Waals surface area contributed by atoms with Crippen LogP contribution in [0.3, 0.4) is 0 Å². The van der Waals surface area contributed by atoms with E-state index in [0.717, 1.165) is 11.3 Å². The first-order chi connectivity index (χ1) is 17.4. The Labute approximate surface area is 208 Å². The van der Waals surface area contributed by atoms with Gasteiger partial charge in [0, 0.05) is 42.4 Å². The number of aromatic nitrogens is 2. The molecule has 7 nitrogen and oxygen atoms in total. The minimum atomic E-state index is -0.703. The minimum absolute atomic E-state index is 0.0814. The molecular weight excluding hydrogens is 466 g/mol. The fourth-order valence-corrected chi connectivity index (χ4v) is 4.27. The molecule has 188 valence electrons. The predicted octanol–water partition coefficient (Wildman–Crippen LogP) is 4.82. The Bertz CT molecular complexity index is 1250. The minimum Gasteiger partial charge on any atom is -0.497 e. The first-order valence-corrected chi connectivity index (χ1v) is 11.8. The topological polar surface area (TPSA) is 76.9 Å². The van der Waals surface area contributed by atoms with Crippen molar-refractivity contribution in [3.05, 3.63) is 82.9 Å². The summed E-state index contributed by atoms with van der Waals surface area (Å²) in [6.07, 6.45) is 2.77. The summed E-state index contributed by atoms with van der Waals surface area (Å²) in [6, 6.07) is 10.8. The van der Waals surface area contributed by atoms with Crippen molar-refractivity contribution >= 4 is 11.6 Å². The maximum atomic E-state index is 14.0. The number of amides is 1. The molecule has 1 aliphatic heterocycles. The van der Waals surface area contributed by atoms with E-state index >= 15 is 0 Å². The average Bonchev–Trinajstić information content (AvgIpc) is 2.89. The molecule has 1 saturated heterocycles. The van der Waals surface area contributed by atoms with Crippen LogP contribution in [0.2, 0.25) is 0 Å². The average molecular weight is 495 g/mol. The summed E-state index contributed by atoms with van der Waals surface area (Å²) >= 11 is 0. The molecule has 4 rings (SSSR count). The van der Waals surface area contributed by atoms with Crippen molar-refractivity contribution < 1.29 is 23.1 Å². The van der Waals surface area contributed by atoms with Crippen LogP contribution in [0.4, 0.5) is 8.78 Å². The smallest absolute Gasteiger partial charge is 0.227 e. The third kappa shape index (κ3) is 5.84. The van der Waals surface area contributed by atoms with Gasteiger partial charge in [-0.25, -0.2) is 18.7 Å². The van der Waals surface area contributed by atoms with Crippen LogP contribution in [0.15, 0.2) is 53.8 Å². The Morgan fingerprint density at radius 1 is 1.11 bits per heavy atom. The predicted molar refractivity (Wildman–Crippen MR) is 131 cm³/mol. The Balaban J connectivity index is 1.45. The number of ether oxygens (including phenoxy) is 1. The molecule has 0 spiro atoms. The highest BCUT2D eigenvalue weighted by Gasteiger charge is 2.28. The Morgan fingerprint density at radius 2 is 1.78 bits per heavy atom. The normalized spacial score (nSPS) is 14.6. The maximum absolute atomic E-state index is 14.0. The zero-order valence-electron chi connectivity index (χ0n) is 20.5. The van der Waals surface area contributed by atoms with E-state index in [-0.39, 0.29) is 23.8 Å². The fourth-order valence-electron chi connectivity index (χ4n) is 4.27. The molecule has 0 unspecified atom stereocenters. The van der Waals surface area contributed by atoms with Gasteiger partial charge >= 0.3 is 0 Å². The van der Waals surface area contributed by atoms with Gasteiger partial charge in [0.05, 0.1) is 24.9 Å². The van der Waals surface area contributed by atoms with E-state index < -0.39 is 11.6 Å². The van der Waals surface area contributed by atoms with Crippen LogP contribution in [0.25, 0.3) is 0 Å². The number of methoxy groups -OCH3 is 1. The standard InChI is InChI=1S/C27H28F2N4O3/c1-17(32-36-21-7-4-6-20(14-21)35-3)23-16-30-18(2)31-27(23)19-10-12-33(13-11-19)26(34)15-22-24(28)8-5-9-25(22)29/h4-9,14,16,19H,10-13,15H2,1-3H3. The van der Waals surface area contributed by atoms with Crippen molar-refractivity contribution in [3.8, 4) is 11.5 Å². The van der Waals surface area contributed by atoms with E-state index in [1.54, 1.807) is 30.3 Å². The lowest BCUT2D eigenvalue weighted by Gasteiger charge is -2.32. The Hall–Kier alpha value is -3.88. The monoisotopic (exact) mass is 494 g/mol. The van der Waals surface area contributed by atoms with Crippen molar-refractivity contribution in [1.29, 1.82) is 0 Å². The van der Waals surface area contributed by atoms with Crippen LogP contribution in [-0.2, 0) is 11.2 Å². The quantitative estimate of drug-likeness (QED) is 0.348. The summed E-state index contributed by atoms with van der Waals surface area (Å²) in [4.78, 5) is 29.0. The summed E-state index contributed by atoms with van der Waals surface area (Å²) in [6.45, 7) is 4.60. The van der Waals surface area contributed by atoms with Gasteiger partial charge in [-0.1, -0.05) is 17.3 Å². The zero-order valence-corrected chi connectivity index (χ0v) is 20.5. The molecule has 2 heterocycles. The second kappa shape index (κ2) is 11.2. The lowest BCUT2D eigenvalue weighted by molar-refractivity contribution is -0.131. The number of halogens is 2. The zero-order chi connectivity index (χ0) is 25.7. The molecule has 9 heteroatoms. The summed E-state index contributed by atoms with van der Waals surface area (Å²) < 4.78 is 33.2. The summed E-state index contributed by atoms with van der Waals surface area (Å²) in [5, 5.41) is 4.28. The first-order valence-electron chi connectivity index (χ1n) is 11.8. The number of nitrogens with zero attached hydrogens (tertiary/aromatic N) is 4. The molecule has 0 atom stereocenters. The van der Waals surface area contributed by atoms with Gasteiger partial charge in [0.2, 0.25) is 5.91 Å². The van der Waals surface area contributed by atoms with E-state index in [2.05, 4.69) is 10.1 Å². The number of likely N-dealkylation sites (tertiary alicyclic amines) is 1. The summed E-state index contributed by atoms with van der Waals surface area (Å²) in [5.41, 5.74) is 2.06. The van der Waals surface area contributed by atoms with Gasteiger partial charge in [0.1, 0.15) is 23.2 Å². The van der Waals surface area contributed by atoms with Crippen LogP contribution >= 0.6 is 0 Å². The fraction of sp³-hybridized carbons (Fsp3) is 0.333. The van der Waals surface area contributed by atoms with Crippen molar-refractivity contribution in [1.82, 2.24) is 14.9 Å².